The van der Waals surface area contributed by atoms with Crippen LogP contribution >= 0.6 is 0 Å². The van der Waals surface area contributed by atoms with E-state index in [1.165, 1.54) is 16.8 Å². The smallest absolute Gasteiger partial charge is 0.0541 e. The van der Waals surface area contributed by atoms with E-state index in [-0.39, 0.29) is 6.10 Å². The summed E-state index contributed by atoms with van der Waals surface area (Å²) in [6, 6.07) is 6.92. The summed E-state index contributed by atoms with van der Waals surface area (Å²) < 4.78 is 0. The zero-order chi connectivity index (χ0) is 11.5. The summed E-state index contributed by atoms with van der Waals surface area (Å²) in [6.07, 6.45) is 3.95. The lowest BCUT2D eigenvalue weighted by atomic mass is 9.92. The van der Waals surface area contributed by atoms with Gasteiger partial charge < -0.3 is 10.4 Å². The van der Waals surface area contributed by atoms with Crippen LogP contribution in [0.15, 0.2) is 18.2 Å². The molecule has 0 amide bonds. The number of aryl methyl sites for hydroxylation is 1. The summed E-state index contributed by atoms with van der Waals surface area (Å²) in [7, 11) is 0. The zero-order valence-electron chi connectivity index (χ0n) is 10.2. The van der Waals surface area contributed by atoms with Gasteiger partial charge in [-0.15, -0.1) is 0 Å². The Bertz CT molecular complexity index is 354. The molecule has 0 aromatic heterocycles. The fraction of sp³-hybridized carbons (Fsp3) is 0.571. The third-order valence-electron chi connectivity index (χ3n) is 3.66. The largest absolute Gasteiger partial charge is 0.393 e. The predicted octanol–water partition coefficient (Wildman–Crippen LogP) is 3.02. The van der Waals surface area contributed by atoms with Crippen LogP contribution in [-0.2, 0) is 0 Å². The van der Waals surface area contributed by atoms with E-state index in [2.05, 4.69) is 37.4 Å². The van der Waals surface area contributed by atoms with Gasteiger partial charge in [0.2, 0.25) is 0 Å². The Kier molecular flexibility index (Phi) is 3.49. The molecule has 1 aromatic carbocycles. The van der Waals surface area contributed by atoms with Crippen molar-refractivity contribution in [3.63, 3.8) is 0 Å². The Balaban J connectivity index is 2.01. The lowest BCUT2D eigenvalue weighted by molar-refractivity contribution is 0.126. The Morgan fingerprint density at radius 1 is 1.12 bits per heavy atom. The summed E-state index contributed by atoms with van der Waals surface area (Å²) in [5, 5.41) is 13.1. The molecule has 0 radical (unpaired) electrons. The molecule has 16 heavy (non-hydrogen) atoms. The first kappa shape index (κ1) is 11.5. The second kappa shape index (κ2) is 4.88. The van der Waals surface area contributed by atoms with Gasteiger partial charge in [-0.2, -0.15) is 0 Å². The number of rotatable bonds is 2. The van der Waals surface area contributed by atoms with Crippen LogP contribution in [0.5, 0.6) is 0 Å². The van der Waals surface area contributed by atoms with Gasteiger partial charge in [-0.25, -0.2) is 0 Å². The van der Waals surface area contributed by atoms with Crippen molar-refractivity contribution in [2.45, 2.75) is 51.7 Å². The Morgan fingerprint density at radius 2 is 1.81 bits per heavy atom. The zero-order valence-corrected chi connectivity index (χ0v) is 10.2. The maximum Gasteiger partial charge on any atom is 0.0541 e. The highest BCUT2D eigenvalue weighted by atomic mass is 16.3. The predicted molar refractivity (Wildman–Crippen MR) is 67.8 cm³/mol. The summed E-state index contributed by atoms with van der Waals surface area (Å²) in [5.74, 6) is 0. The van der Waals surface area contributed by atoms with Crippen molar-refractivity contribution in [2.75, 3.05) is 5.32 Å². The van der Waals surface area contributed by atoms with Gasteiger partial charge in [-0.05, 0) is 56.7 Å². The molecule has 1 aliphatic rings. The van der Waals surface area contributed by atoms with Gasteiger partial charge >= 0.3 is 0 Å². The molecule has 2 nitrogen and oxygen atoms in total. The topological polar surface area (TPSA) is 32.3 Å². The minimum absolute atomic E-state index is 0.0725. The number of benzene rings is 1. The van der Waals surface area contributed by atoms with Crippen LogP contribution in [0.25, 0.3) is 0 Å². The van der Waals surface area contributed by atoms with Crippen molar-refractivity contribution in [1.29, 1.82) is 0 Å². The molecule has 2 N–H and O–H groups in total. The number of aliphatic hydroxyl groups is 1. The first-order chi connectivity index (χ1) is 7.66. The molecule has 1 aromatic rings. The van der Waals surface area contributed by atoms with Gasteiger partial charge in [0.25, 0.3) is 0 Å². The van der Waals surface area contributed by atoms with Crippen LogP contribution < -0.4 is 5.32 Å². The van der Waals surface area contributed by atoms with E-state index >= 15 is 0 Å². The SMILES string of the molecule is Cc1cccc(NC2CCC(O)CC2)c1C. The highest BCUT2D eigenvalue weighted by Crippen LogP contribution is 2.25. The third-order valence-corrected chi connectivity index (χ3v) is 3.66. The van der Waals surface area contributed by atoms with Crippen molar-refractivity contribution in [3.8, 4) is 0 Å². The van der Waals surface area contributed by atoms with E-state index in [4.69, 9.17) is 0 Å². The number of aliphatic hydroxyl groups excluding tert-OH is 1. The van der Waals surface area contributed by atoms with Gasteiger partial charge in [0.1, 0.15) is 0 Å². The minimum atomic E-state index is -0.0725. The summed E-state index contributed by atoms with van der Waals surface area (Å²) in [4.78, 5) is 0. The van der Waals surface area contributed by atoms with Gasteiger partial charge in [-0.1, -0.05) is 12.1 Å². The van der Waals surface area contributed by atoms with Gasteiger partial charge in [0.05, 0.1) is 6.10 Å². The van der Waals surface area contributed by atoms with Crippen LogP contribution in [0.2, 0.25) is 0 Å². The van der Waals surface area contributed by atoms with Gasteiger partial charge in [0.15, 0.2) is 0 Å². The quantitative estimate of drug-likeness (QED) is 0.801. The number of hydrogen-bond donors (Lipinski definition) is 2. The molecule has 0 atom stereocenters. The maximum absolute atomic E-state index is 9.46. The summed E-state index contributed by atoms with van der Waals surface area (Å²) in [6.45, 7) is 4.31. The molecule has 0 saturated heterocycles. The molecule has 1 saturated carbocycles. The Morgan fingerprint density at radius 3 is 2.50 bits per heavy atom. The lowest BCUT2D eigenvalue weighted by Crippen LogP contribution is -2.28. The van der Waals surface area contributed by atoms with Crippen molar-refractivity contribution >= 4 is 5.69 Å². The van der Waals surface area contributed by atoms with E-state index in [0.717, 1.165) is 25.7 Å². The average molecular weight is 219 g/mol. The molecule has 0 bridgehead atoms. The molecule has 0 heterocycles. The fourth-order valence-electron chi connectivity index (χ4n) is 2.35. The monoisotopic (exact) mass is 219 g/mol. The number of anilines is 1. The molecule has 0 unspecified atom stereocenters. The standard InChI is InChI=1S/C14H21NO/c1-10-4-3-5-14(11(10)2)15-12-6-8-13(16)9-7-12/h3-5,12-13,15-16H,6-9H2,1-2H3. The highest BCUT2D eigenvalue weighted by Gasteiger charge is 2.19. The van der Waals surface area contributed by atoms with E-state index in [1.54, 1.807) is 0 Å². The molecule has 0 aliphatic heterocycles. The second-order valence-corrected chi connectivity index (χ2v) is 4.90. The molecule has 88 valence electrons. The molecule has 1 fully saturated rings. The second-order valence-electron chi connectivity index (χ2n) is 4.90. The highest BCUT2D eigenvalue weighted by molar-refractivity contribution is 5.54. The third kappa shape index (κ3) is 2.56. The summed E-state index contributed by atoms with van der Waals surface area (Å²) >= 11 is 0. The molecular weight excluding hydrogens is 198 g/mol. The Hall–Kier alpha value is -1.02. The van der Waals surface area contributed by atoms with E-state index in [9.17, 15) is 5.11 Å². The van der Waals surface area contributed by atoms with Gasteiger partial charge in [0, 0.05) is 11.7 Å². The normalized spacial score (nSPS) is 25.4. The van der Waals surface area contributed by atoms with Crippen LogP contribution in [0.4, 0.5) is 5.69 Å². The van der Waals surface area contributed by atoms with Crippen molar-refractivity contribution in [3.05, 3.63) is 29.3 Å². The number of hydrogen-bond acceptors (Lipinski definition) is 2. The molecule has 1 aliphatic carbocycles. The van der Waals surface area contributed by atoms with Crippen molar-refractivity contribution < 1.29 is 5.11 Å². The van der Waals surface area contributed by atoms with Crippen LogP contribution in [0.1, 0.15) is 36.8 Å². The Labute approximate surface area is 97.7 Å². The molecular formula is C14H21NO. The van der Waals surface area contributed by atoms with Crippen molar-refractivity contribution in [1.82, 2.24) is 0 Å². The van der Waals surface area contributed by atoms with Gasteiger partial charge in [-0.3, -0.25) is 0 Å². The van der Waals surface area contributed by atoms with Crippen LogP contribution in [0, 0.1) is 13.8 Å². The fourth-order valence-corrected chi connectivity index (χ4v) is 2.35. The van der Waals surface area contributed by atoms with Crippen LogP contribution in [0.3, 0.4) is 0 Å². The maximum atomic E-state index is 9.46. The molecule has 0 spiro atoms. The lowest BCUT2D eigenvalue weighted by Gasteiger charge is -2.27. The van der Waals surface area contributed by atoms with E-state index in [0.29, 0.717) is 6.04 Å². The summed E-state index contributed by atoms with van der Waals surface area (Å²) in [5.41, 5.74) is 3.93. The van der Waals surface area contributed by atoms with Crippen molar-refractivity contribution in [2.24, 2.45) is 0 Å². The number of nitrogens with one attached hydrogen (secondary N) is 1. The minimum Gasteiger partial charge on any atom is -0.393 e. The molecule has 2 heteroatoms. The first-order valence-corrected chi connectivity index (χ1v) is 6.17. The first-order valence-electron chi connectivity index (χ1n) is 6.17. The average Bonchev–Trinajstić information content (AvgIpc) is 2.28. The van der Waals surface area contributed by atoms with E-state index in [1.807, 2.05) is 0 Å². The molecule has 2 rings (SSSR count). The van der Waals surface area contributed by atoms with E-state index < -0.39 is 0 Å². The van der Waals surface area contributed by atoms with Crippen LogP contribution in [-0.4, -0.2) is 17.3 Å².